The minimum Gasteiger partial charge on any atom is -0.484 e. The topological polar surface area (TPSA) is 38.3 Å². The molecule has 0 aliphatic rings. The Morgan fingerprint density at radius 2 is 1.94 bits per heavy atom. The summed E-state index contributed by atoms with van der Waals surface area (Å²) < 4.78 is 5.29. The summed E-state index contributed by atoms with van der Waals surface area (Å²) in [6.07, 6.45) is 0.884. The van der Waals surface area contributed by atoms with Crippen molar-refractivity contribution in [3.8, 4) is 5.75 Å². The number of benzene rings is 1. The number of carbonyl (C=O) groups excluding carboxylic acids is 1. The zero-order valence-corrected chi connectivity index (χ0v) is 11.3. The molecule has 1 aromatic carbocycles. The molecular formula is C12H15Cl2NO2. The predicted molar refractivity (Wildman–Crippen MR) is 69.9 cm³/mol. The summed E-state index contributed by atoms with van der Waals surface area (Å²) in [5.74, 6) is 0.331. The lowest BCUT2D eigenvalue weighted by molar-refractivity contribution is -0.123. The Morgan fingerprint density at radius 3 is 2.47 bits per heavy atom. The van der Waals surface area contributed by atoms with E-state index in [0.717, 1.165) is 6.42 Å². The van der Waals surface area contributed by atoms with Gasteiger partial charge in [0.1, 0.15) is 5.75 Å². The highest BCUT2D eigenvalue weighted by Gasteiger charge is 2.07. The van der Waals surface area contributed by atoms with Crippen LogP contribution in [0, 0.1) is 0 Å². The Labute approximate surface area is 111 Å². The highest BCUT2D eigenvalue weighted by Crippen LogP contribution is 2.23. The first-order chi connectivity index (χ1) is 8.01. The highest BCUT2D eigenvalue weighted by molar-refractivity contribution is 6.34. The van der Waals surface area contributed by atoms with Crippen LogP contribution in [0.15, 0.2) is 18.2 Å². The average Bonchev–Trinajstić information content (AvgIpc) is 2.25. The van der Waals surface area contributed by atoms with E-state index in [2.05, 4.69) is 5.32 Å². The third-order valence-corrected chi connectivity index (χ3v) is 2.66. The number of carbonyl (C=O) groups is 1. The second kappa shape index (κ2) is 6.72. The van der Waals surface area contributed by atoms with E-state index in [1.54, 1.807) is 18.2 Å². The summed E-state index contributed by atoms with van der Waals surface area (Å²) in [4.78, 5) is 11.5. The Bertz CT molecular complexity index is 376. The molecule has 0 heterocycles. The van der Waals surface area contributed by atoms with Gasteiger partial charge < -0.3 is 10.1 Å². The van der Waals surface area contributed by atoms with E-state index in [1.807, 2.05) is 13.8 Å². The van der Waals surface area contributed by atoms with E-state index >= 15 is 0 Å². The van der Waals surface area contributed by atoms with Crippen LogP contribution in [0.25, 0.3) is 0 Å². The summed E-state index contributed by atoms with van der Waals surface area (Å²) in [6.45, 7) is 3.90. The summed E-state index contributed by atoms with van der Waals surface area (Å²) in [5.41, 5.74) is 0. The van der Waals surface area contributed by atoms with Crippen molar-refractivity contribution in [3.63, 3.8) is 0 Å². The predicted octanol–water partition coefficient (Wildman–Crippen LogP) is 3.29. The van der Waals surface area contributed by atoms with Crippen LogP contribution in [0.3, 0.4) is 0 Å². The normalized spacial score (nSPS) is 12.0. The quantitative estimate of drug-likeness (QED) is 0.896. The van der Waals surface area contributed by atoms with Crippen LogP contribution in [-0.4, -0.2) is 18.6 Å². The zero-order chi connectivity index (χ0) is 12.8. The summed E-state index contributed by atoms with van der Waals surface area (Å²) >= 11 is 11.6. The van der Waals surface area contributed by atoms with Crippen LogP contribution >= 0.6 is 23.2 Å². The van der Waals surface area contributed by atoms with Crippen molar-refractivity contribution in [1.82, 2.24) is 5.32 Å². The minimum atomic E-state index is -0.157. The third-order valence-electron chi connectivity index (χ3n) is 2.23. The molecule has 0 saturated carbocycles. The fourth-order valence-electron chi connectivity index (χ4n) is 1.18. The van der Waals surface area contributed by atoms with Gasteiger partial charge in [0.25, 0.3) is 5.91 Å². The molecule has 1 N–H and O–H groups in total. The number of nitrogens with one attached hydrogen (secondary N) is 1. The molecule has 0 saturated heterocycles. The second-order valence-corrected chi connectivity index (χ2v) is 4.64. The molecule has 0 spiro atoms. The van der Waals surface area contributed by atoms with Gasteiger partial charge in [-0.15, -0.1) is 0 Å². The number of hydrogen-bond acceptors (Lipinski definition) is 2. The van der Waals surface area contributed by atoms with Gasteiger partial charge >= 0.3 is 0 Å². The van der Waals surface area contributed by atoms with E-state index in [-0.39, 0.29) is 18.6 Å². The van der Waals surface area contributed by atoms with Crippen molar-refractivity contribution < 1.29 is 9.53 Å². The minimum absolute atomic E-state index is 0.0407. The first-order valence-electron chi connectivity index (χ1n) is 5.39. The van der Waals surface area contributed by atoms with Gasteiger partial charge in [0, 0.05) is 16.1 Å². The smallest absolute Gasteiger partial charge is 0.258 e. The van der Waals surface area contributed by atoms with Crippen LogP contribution in [0.2, 0.25) is 10.0 Å². The van der Waals surface area contributed by atoms with Gasteiger partial charge in [-0.1, -0.05) is 30.1 Å². The zero-order valence-electron chi connectivity index (χ0n) is 9.80. The van der Waals surface area contributed by atoms with Crippen molar-refractivity contribution >= 4 is 29.1 Å². The van der Waals surface area contributed by atoms with E-state index in [4.69, 9.17) is 27.9 Å². The molecule has 1 rings (SSSR count). The molecule has 1 unspecified atom stereocenters. The van der Waals surface area contributed by atoms with Gasteiger partial charge in [-0.05, 0) is 31.5 Å². The van der Waals surface area contributed by atoms with E-state index in [9.17, 15) is 4.79 Å². The largest absolute Gasteiger partial charge is 0.484 e. The van der Waals surface area contributed by atoms with Crippen LogP contribution in [-0.2, 0) is 4.79 Å². The second-order valence-electron chi connectivity index (χ2n) is 3.77. The third kappa shape index (κ3) is 5.29. The van der Waals surface area contributed by atoms with Gasteiger partial charge in [0.2, 0.25) is 0 Å². The molecular weight excluding hydrogens is 261 g/mol. The number of amides is 1. The highest BCUT2D eigenvalue weighted by atomic mass is 35.5. The number of hydrogen-bond donors (Lipinski definition) is 1. The maximum Gasteiger partial charge on any atom is 0.258 e. The van der Waals surface area contributed by atoms with E-state index in [0.29, 0.717) is 15.8 Å². The van der Waals surface area contributed by atoms with Crippen LogP contribution in [0.5, 0.6) is 5.75 Å². The molecule has 0 aliphatic heterocycles. The van der Waals surface area contributed by atoms with Crippen molar-refractivity contribution in [2.24, 2.45) is 0 Å². The molecule has 17 heavy (non-hydrogen) atoms. The molecule has 0 radical (unpaired) electrons. The summed E-state index contributed by atoms with van der Waals surface area (Å²) in [5, 5.41) is 3.76. The van der Waals surface area contributed by atoms with Crippen LogP contribution < -0.4 is 10.1 Å². The lowest BCUT2D eigenvalue weighted by Crippen LogP contribution is -2.35. The van der Waals surface area contributed by atoms with E-state index < -0.39 is 0 Å². The van der Waals surface area contributed by atoms with Gasteiger partial charge in [0.15, 0.2) is 6.61 Å². The van der Waals surface area contributed by atoms with Gasteiger partial charge in [0.05, 0.1) is 0 Å². The van der Waals surface area contributed by atoms with Crippen molar-refractivity contribution in [2.45, 2.75) is 26.3 Å². The van der Waals surface area contributed by atoms with Crippen molar-refractivity contribution in [1.29, 1.82) is 0 Å². The Balaban J connectivity index is 2.47. The molecule has 1 aromatic rings. The Morgan fingerprint density at radius 1 is 1.35 bits per heavy atom. The lowest BCUT2D eigenvalue weighted by atomic mass is 10.2. The molecule has 3 nitrogen and oxygen atoms in total. The monoisotopic (exact) mass is 275 g/mol. The first kappa shape index (κ1) is 14.1. The van der Waals surface area contributed by atoms with Gasteiger partial charge in [-0.2, -0.15) is 0 Å². The first-order valence-corrected chi connectivity index (χ1v) is 6.15. The molecule has 0 aliphatic carbocycles. The fraction of sp³-hybridized carbons (Fsp3) is 0.417. The standard InChI is InChI=1S/C12H15Cl2NO2/c1-3-8(2)15-12(16)7-17-11-5-9(13)4-10(14)6-11/h4-6,8H,3,7H2,1-2H3,(H,15,16). The average molecular weight is 276 g/mol. The van der Waals surface area contributed by atoms with Crippen molar-refractivity contribution in [3.05, 3.63) is 28.2 Å². The molecule has 0 fully saturated rings. The van der Waals surface area contributed by atoms with Crippen LogP contribution in [0.4, 0.5) is 0 Å². The van der Waals surface area contributed by atoms with Crippen molar-refractivity contribution in [2.75, 3.05) is 6.61 Å². The molecule has 1 atom stereocenters. The number of ether oxygens (including phenoxy) is 1. The number of halogens is 2. The summed E-state index contributed by atoms with van der Waals surface area (Å²) in [7, 11) is 0. The van der Waals surface area contributed by atoms with Crippen LogP contribution in [0.1, 0.15) is 20.3 Å². The number of rotatable bonds is 5. The molecule has 5 heteroatoms. The van der Waals surface area contributed by atoms with Gasteiger partial charge in [-0.25, -0.2) is 0 Å². The molecule has 1 amide bonds. The Kier molecular flexibility index (Phi) is 5.59. The fourth-order valence-corrected chi connectivity index (χ4v) is 1.69. The molecule has 94 valence electrons. The SMILES string of the molecule is CCC(C)NC(=O)COc1cc(Cl)cc(Cl)c1. The van der Waals surface area contributed by atoms with Gasteiger partial charge in [-0.3, -0.25) is 4.79 Å². The molecule has 0 bridgehead atoms. The van der Waals surface area contributed by atoms with E-state index in [1.165, 1.54) is 0 Å². The maximum atomic E-state index is 11.5. The summed E-state index contributed by atoms with van der Waals surface area (Å²) in [6, 6.07) is 4.98. The molecule has 0 aromatic heterocycles. The Hall–Kier alpha value is -0.930. The maximum absolute atomic E-state index is 11.5. The lowest BCUT2D eigenvalue weighted by Gasteiger charge is -2.12.